The van der Waals surface area contributed by atoms with Crippen LogP contribution in [0.15, 0.2) is 82.6 Å². The lowest BCUT2D eigenvalue weighted by Crippen LogP contribution is -2.37. The highest BCUT2D eigenvalue weighted by molar-refractivity contribution is 7.89. The van der Waals surface area contributed by atoms with Gasteiger partial charge in [0, 0.05) is 13.1 Å². The van der Waals surface area contributed by atoms with Gasteiger partial charge in [-0.15, -0.1) is 0 Å². The summed E-state index contributed by atoms with van der Waals surface area (Å²) >= 11 is 0. The largest absolute Gasteiger partial charge is 0.480 e. The predicted octanol–water partition coefficient (Wildman–Crippen LogP) is 2.52. The maximum absolute atomic E-state index is 13.3. The number of carboxylic acid groups (broad SMARTS) is 2. The first-order valence-electron chi connectivity index (χ1n) is 10.8. The van der Waals surface area contributed by atoms with Crippen molar-refractivity contribution in [1.29, 1.82) is 0 Å². The molecule has 0 saturated heterocycles. The molecule has 3 aromatic rings. The van der Waals surface area contributed by atoms with Gasteiger partial charge in [-0.05, 0) is 59.7 Å². The Balaban J connectivity index is 2.00. The fraction of sp³-hybridized carbons (Fsp3) is 0.167. The van der Waals surface area contributed by atoms with Crippen LogP contribution in [0.5, 0.6) is 0 Å². The molecule has 10 nitrogen and oxygen atoms in total. The van der Waals surface area contributed by atoms with Crippen LogP contribution in [0.25, 0.3) is 0 Å². The Hall–Kier alpha value is -3.72. The molecule has 38 heavy (non-hydrogen) atoms. The highest BCUT2D eigenvalue weighted by Crippen LogP contribution is 2.24. The number of aliphatic carboxylic acids is 2. The SMILES string of the molecule is O=C(O)CN(Cc1ccccc1CN(CC(=O)O)S(=O)(=O)c1ccc(F)cc1)S(=O)(=O)c1ccc(F)cc1. The number of carbonyl (C=O) groups is 2. The lowest BCUT2D eigenvalue weighted by atomic mass is 10.1. The summed E-state index contributed by atoms with van der Waals surface area (Å²) in [5.41, 5.74) is 0.397. The van der Waals surface area contributed by atoms with Crippen molar-refractivity contribution in [2.24, 2.45) is 0 Å². The van der Waals surface area contributed by atoms with Gasteiger partial charge in [0.2, 0.25) is 20.0 Å². The summed E-state index contributed by atoms with van der Waals surface area (Å²) in [5.74, 6) is -4.33. The average Bonchev–Trinajstić information content (AvgIpc) is 2.84. The molecule has 0 saturated carbocycles. The lowest BCUT2D eigenvalue weighted by molar-refractivity contribution is -0.138. The Labute approximate surface area is 217 Å². The number of hydrogen-bond donors (Lipinski definition) is 2. The summed E-state index contributed by atoms with van der Waals surface area (Å²) in [6.07, 6.45) is 0. The van der Waals surface area contributed by atoms with Crippen molar-refractivity contribution in [2.75, 3.05) is 13.1 Å². The first-order valence-corrected chi connectivity index (χ1v) is 13.7. The van der Waals surface area contributed by atoms with E-state index in [0.717, 1.165) is 48.5 Å². The van der Waals surface area contributed by atoms with E-state index in [1.54, 1.807) is 0 Å². The zero-order chi connectivity index (χ0) is 28.1. The third-order valence-electron chi connectivity index (χ3n) is 5.34. The molecule has 0 radical (unpaired) electrons. The van der Waals surface area contributed by atoms with E-state index in [1.807, 2.05) is 0 Å². The first kappa shape index (κ1) is 28.8. The quantitative estimate of drug-likeness (QED) is 0.339. The standard InChI is InChI=1S/C24H22F2N2O8S2/c25-19-5-9-21(10-6-19)37(33,34)27(15-23(29)30)13-17-3-1-2-4-18(17)14-28(16-24(31)32)38(35,36)22-11-7-20(26)8-12-22/h1-12H,13-16H2,(H,29,30)(H,31,32). The Bertz CT molecular complexity index is 1410. The fourth-order valence-electron chi connectivity index (χ4n) is 3.51. The topological polar surface area (TPSA) is 149 Å². The molecule has 0 unspecified atom stereocenters. The van der Waals surface area contributed by atoms with E-state index in [9.17, 15) is 45.4 Å². The molecule has 3 rings (SSSR count). The fourth-order valence-corrected chi connectivity index (χ4v) is 6.25. The summed E-state index contributed by atoms with van der Waals surface area (Å²) < 4.78 is 80.5. The normalized spacial score (nSPS) is 12.1. The number of benzene rings is 3. The van der Waals surface area contributed by atoms with Crippen LogP contribution < -0.4 is 0 Å². The Kier molecular flexibility index (Phi) is 8.93. The van der Waals surface area contributed by atoms with E-state index >= 15 is 0 Å². The molecule has 0 aromatic heterocycles. The summed E-state index contributed by atoms with van der Waals surface area (Å²) in [6.45, 7) is -2.94. The molecule has 0 bridgehead atoms. The van der Waals surface area contributed by atoms with Crippen molar-refractivity contribution in [1.82, 2.24) is 8.61 Å². The smallest absolute Gasteiger partial charge is 0.318 e. The third-order valence-corrected chi connectivity index (χ3v) is 8.95. The molecular formula is C24H22F2N2O8S2. The zero-order valence-corrected chi connectivity index (χ0v) is 21.2. The van der Waals surface area contributed by atoms with Gasteiger partial charge in [0.15, 0.2) is 0 Å². The van der Waals surface area contributed by atoms with Gasteiger partial charge in [-0.25, -0.2) is 25.6 Å². The van der Waals surface area contributed by atoms with Crippen LogP contribution in [0.2, 0.25) is 0 Å². The summed E-state index contributed by atoms with van der Waals surface area (Å²) in [6, 6.07) is 13.5. The molecule has 202 valence electrons. The highest BCUT2D eigenvalue weighted by atomic mass is 32.2. The molecule has 0 amide bonds. The monoisotopic (exact) mass is 568 g/mol. The molecule has 0 aliphatic heterocycles. The molecule has 2 N–H and O–H groups in total. The van der Waals surface area contributed by atoms with Crippen molar-refractivity contribution in [3.63, 3.8) is 0 Å². The van der Waals surface area contributed by atoms with Gasteiger partial charge in [0.25, 0.3) is 0 Å². The van der Waals surface area contributed by atoms with Crippen molar-refractivity contribution in [2.45, 2.75) is 22.9 Å². The number of nitrogens with zero attached hydrogens (tertiary/aromatic N) is 2. The van der Waals surface area contributed by atoms with Gasteiger partial charge in [-0.3, -0.25) is 9.59 Å². The second kappa shape index (κ2) is 11.8. The molecule has 0 fully saturated rings. The maximum Gasteiger partial charge on any atom is 0.318 e. The second-order valence-electron chi connectivity index (χ2n) is 8.01. The molecule has 0 aliphatic carbocycles. The van der Waals surface area contributed by atoms with E-state index in [1.165, 1.54) is 24.3 Å². The van der Waals surface area contributed by atoms with Crippen LogP contribution in [0.1, 0.15) is 11.1 Å². The van der Waals surface area contributed by atoms with Crippen LogP contribution in [-0.4, -0.2) is 60.7 Å². The molecule has 3 aromatic carbocycles. The van der Waals surface area contributed by atoms with Crippen LogP contribution in [0, 0.1) is 11.6 Å². The molecule has 0 aliphatic rings. The molecule has 0 heterocycles. The highest BCUT2D eigenvalue weighted by Gasteiger charge is 2.30. The summed E-state index contributed by atoms with van der Waals surface area (Å²) in [5, 5.41) is 18.7. The van der Waals surface area contributed by atoms with Gasteiger partial charge in [0.1, 0.15) is 24.7 Å². The van der Waals surface area contributed by atoms with Crippen molar-refractivity contribution in [3.05, 3.63) is 95.6 Å². The molecule has 0 atom stereocenters. The van der Waals surface area contributed by atoms with E-state index in [-0.39, 0.29) is 20.9 Å². The number of halogens is 2. The minimum Gasteiger partial charge on any atom is -0.480 e. The number of sulfonamides is 2. The number of carboxylic acids is 2. The van der Waals surface area contributed by atoms with E-state index < -0.39 is 69.8 Å². The van der Waals surface area contributed by atoms with Gasteiger partial charge in [0.05, 0.1) is 9.79 Å². The van der Waals surface area contributed by atoms with Crippen LogP contribution in [0.3, 0.4) is 0 Å². The molecule has 0 spiro atoms. The summed E-state index contributed by atoms with van der Waals surface area (Å²) in [4.78, 5) is 22.3. The second-order valence-corrected chi connectivity index (χ2v) is 11.9. The minimum atomic E-state index is -4.43. The van der Waals surface area contributed by atoms with Gasteiger partial charge in [-0.2, -0.15) is 8.61 Å². The number of hydrogen-bond acceptors (Lipinski definition) is 6. The first-order chi connectivity index (χ1) is 17.8. The van der Waals surface area contributed by atoms with Crippen LogP contribution in [0.4, 0.5) is 8.78 Å². The van der Waals surface area contributed by atoms with Crippen molar-refractivity contribution in [3.8, 4) is 0 Å². The Morgan fingerprint density at radius 3 is 1.21 bits per heavy atom. The van der Waals surface area contributed by atoms with Gasteiger partial charge >= 0.3 is 11.9 Å². The maximum atomic E-state index is 13.3. The Morgan fingerprint density at radius 2 is 0.921 bits per heavy atom. The summed E-state index contributed by atoms with van der Waals surface area (Å²) in [7, 11) is -8.85. The van der Waals surface area contributed by atoms with Gasteiger partial charge in [-0.1, -0.05) is 24.3 Å². The van der Waals surface area contributed by atoms with E-state index in [0.29, 0.717) is 8.61 Å². The zero-order valence-electron chi connectivity index (χ0n) is 19.6. The predicted molar refractivity (Wildman–Crippen MR) is 130 cm³/mol. The van der Waals surface area contributed by atoms with E-state index in [2.05, 4.69) is 0 Å². The Morgan fingerprint density at radius 1 is 0.605 bits per heavy atom. The van der Waals surface area contributed by atoms with Crippen LogP contribution >= 0.6 is 0 Å². The van der Waals surface area contributed by atoms with Gasteiger partial charge < -0.3 is 10.2 Å². The van der Waals surface area contributed by atoms with Crippen molar-refractivity contribution >= 4 is 32.0 Å². The molecular weight excluding hydrogens is 546 g/mol. The lowest BCUT2D eigenvalue weighted by Gasteiger charge is -2.25. The molecule has 14 heteroatoms. The van der Waals surface area contributed by atoms with E-state index in [4.69, 9.17) is 0 Å². The van der Waals surface area contributed by atoms with Crippen molar-refractivity contribution < 1.29 is 45.4 Å². The third kappa shape index (κ3) is 6.98. The number of rotatable bonds is 12. The average molecular weight is 569 g/mol. The van der Waals surface area contributed by atoms with Crippen LogP contribution in [-0.2, 0) is 42.7 Å². The minimum absolute atomic E-state index is 0.198.